The summed E-state index contributed by atoms with van der Waals surface area (Å²) in [4.78, 5) is 16.5. The van der Waals surface area contributed by atoms with Crippen molar-refractivity contribution in [3.8, 4) is 11.3 Å². The van der Waals surface area contributed by atoms with Gasteiger partial charge in [0, 0.05) is 23.4 Å². The van der Waals surface area contributed by atoms with Gasteiger partial charge in [0.15, 0.2) is 17.3 Å². The van der Waals surface area contributed by atoms with Crippen LogP contribution in [-0.4, -0.2) is 19.6 Å². The molecule has 0 spiro atoms. The lowest BCUT2D eigenvalue weighted by Gasteiger charge is -2.10. The Balaban J connectivity index is 1.86. The first-order valence-corrected chi connectivity index (χ1v) is 7.78. The van der Waals surface area contributed by atoms with Gasteiger partial charge in [0.1, 0.15) is 0 Å². The quantitative estimate of drug-likeness (QED) is 0.592. The van der Waals surface area contributed by atoms with Gasteiger partial charge in [-0.25, -0.2) is 28.1 Å². The lowest BCUT2D eigenvalue weighted by atomic mass is 10.1. The summed E-state index contributed by atoms with van der Waals surface area (Å²) in [5.74, 6) is -1.81. The number of fused-ring (bicyclic) bond motifs is 1. The molecular formula is C18H13F2N5O. The number of rotatable bonds is 3. The van der Waals surface area contributed by atoms with Crippen molar-refractivity contribution in [2.75, 3.05) is 5.32 Å². The zero-order valence-electron chi connectivity index (χ0n) is 13.6. The average molecular weight is 353 g/mol. The molecule has 26 heavy (non-hydrogen) atoms. The molecule has 0 saturated heterocycles. The maximum atomic E-state index is 13.5. The van der Waals surface area contributed by atoms with E-state index in [0.29, 0.717) is 11.3 Å². The van der Waals surface area contributed by atoms with Crippen molar-refractivity contribution in [3.63, 3.8) is 0 Å². The fraction of sp³-hybridized carbons (Fsp3) is 0.0556. The van der Waals surface area contributed by atoms with Crippen LogP contribution in [0.5, 0.6) is 0 Å². The van der Waals surface area contributed by atoms with Gasteiger partial charge in [-0.3, -0.25) is 0 Å². The van der Waals surface area contributed by atoms with Gasteiger partial charge < -0.3 is 5.32 Å². The number of hydrogen-bond acceptors (Lipinski definition) is 4. The minimum atomic E-state index is -1.000. The standard InChI is InChI=1S/C18H13F2N5O/c1-10-2-4-11(5-3-10)15-9-16-23-24-18(26)25(16)17(22-15)21-12-6-7-13(19)14(20)8-12/h2-9H,1H3,(H,21,22)(H,24,26). The molecule has 4 aromatic rings. The number of aryl methyl sites for hydroxylation is 1. The summed E-state index contributed by atoms with van der Waals surface area (Å²) in [7, 11) is 0. The number of H-pyrrole nitrogens is 1. The Morgan fingerprint density at radius 3 is 2.54 bits per heavy atom. The monoisotopic (exact) mass is 353 g/mol. The highest BCUT2D eigenvalue weighted by Gasteiger charge is 2.13. The van der Waals surface area contributed by atoms with Gasteiger partial charge in [0.05, 0.1) is 5.69 Å². The van der Waals surface area contributed by atoms with Crippen LogP contribution < -0.4 is 11.0 Å². The molecule has 4 rings (SSSR count). The molecule has 6 nitrogen and oxygen atoms in total. The number of hydrogen-bond donors (Lipinski definition) is 2. The third-order valence-corrected chi connectivity index (χ3v) is 3.93. The van der Waals surface area contributed by atoms with Gasteiger partial charge in [0.25, 0.3) is 0 Å². The Morgan fingerprint density at radius 1 is 1.04 bits per heavy atom. The summed E-state index contributed by atoms with van der Waals surface area (Å²) in [5.41, 5.74) is 2.64. The first-order valence-electron chi connectivity index (χ1n) is 7.78. The van der Waals surface area contributed by atoms with Crippen molar-refractivity contribution in [1.29, 1.82) is 0 Å². The fourth-order valence-electron chi connectivity index (χ4n) is 2.59. The van der Waals surface area contributed by atoms with E-state index in [4.69, 9.17) is 0 Å². The lowest BCUT2D eigenvalue weighted by molar-refractivity contribution is 0.509. The van der Waals surface area contributed by atoms with Crippen LogP contribution in [0.15, 0.2) is 53.3 Å². The molecule has 0 saturated carbocycles. The summed E-state index contributed by atoms with van der Waals surface area (Å²) >= 11 is 0. The van der Waals surface area contributed by atoms with Gasteiger partial charge in [0.2, 0.25) is 5.95 Å². The number of anilines is 2. The third kappa shape index (κ3) is 2.81. The predicted octanol–water partition coefficient (Wildman–Crippen LogP) is 3.41. The molecule has 0 atom stereocenters. The highest BCUT2D eigenvalue weighted by molar-refractivity contribution is 5.67. The van der Waals surface area contributed by atoms with E-state index in [9.17, 15) is 13.6 Å². The molecule has 0 amide bonds. The summed E-state index contributed by atoms with van der Waals surface area (Å²) in [6, 6.07) is 12.7. The minimum Gasteiger partial charge on any atom is -0.325 e. The van der Waals surface area contributed by atoms with E-state index in [0.717, 1.165) is 23.3 Å². The first-order chi connectivity index (χ1) is 12.5. The predicted molar refractivity (Wildman–Crippen MR) is 93.4 cm³/mol. The number of nitrogens with one attached hydrogen (secondary N) is 2. The van der Waals surface area contributed by atoms with Crippen LogP contribution in [-0.2, 0) is 0 Å². The zero-order chi connectivity index (χ0) is 18.3. The van der Waals surface area contributed by atoms with Crippen LogP contribution in [0, 0.1) is 18.6 Å². The molecule has 0 aliphatic heterocycles. The van der Waals surface area contributed by atoms with Crippen LogP contribution in [0.25, 0.3) is 16.9 Å². The maximum absolute atomic E-state index is 13.5. The minimum absolute atomic E-state index is 0.142. The van der Waals surface area contributed by atoms with E-state index < -0.39 is 17.3 Å². The molecule has 0 aliphatic carbocycles. The van der Waals surface area contributed by atoms with Crippen molar-refractivity contribution < 1.29 is 8.78 Å². The number of benzene rings is 2. The highest BCUT2D eigenvalue weighted by atomic mass is 19.2. The molecule has 0 fully saturated rings. The van der Waals surface area contributed by atoms with Crippen LogP contribution in [0.3, 0.4) is 0 Å². The highest BCUT2D eigenvalue weighted by Crippen LogP contribution is 2.23. The zero-order valence-corrected chi connectivity index (χ0v) is 13.6. The van der Waals surface area contributed by atoms with Crippen molar-refractivity contribution >= 4 is 17.3 Å². The second-order valence-electron chi connectivity index (χ2n) is 5.81. The Morgan fingerprint density at radius 2 is 1.81 bits per heavy atom. The van der Waals surface area contributed by atoms with Crippen LogP contribution >= 0.6 is 0 Å². The third-order valence-electron chi connectivity index (χ3n) is 3.93. The van der Waals surface area contributed by atoms with Crippen molar-refractivity contribution in [2.45, 2.75) is 6.92 Å². The van der Waals surface area contributed by atoms with E-state index in [1.54, 1.807) is 6.07 Å². The van der Waals surface area contributed by atoms with E-state index in [1.807, 2.05) is 31.2 Å². The summed E-state index contributed by atoms with van der Waals surface area (Å²) in [6.07, 6.45) is 0. The van der Waals surface area contributed by atoms with Crippen LogP contribution in [0.2, 0.25) is 0 Å². The van der Waals surface area contributed by atoms with Crippen molar-refractivity contribution in [3.05, 3.63) is 76.2 Å². The van der Waals surface area contributed by atoms with E-state index in [-0.39, 0.29) is 11.6 Å². The SMILES string of the molecule is Cc1ccc(-c2cc3n[nH]c(=O)n3c(Nc3ccc(F)c(F)c3)n2)cc1. The Kier molecular flexibility index (Phi) is 3.72. The van der Waals surface area contributed by atoms with Gasteiger partial charge in [-0.2, -0.15) is 5.10 Å². The fourth-order valence-corrected chi connectivity index (χ4v) is 2.59. The molecular weight excluding hydrogens is 340 g/mol. The largest absolute Gasteiger partial charge is 0.350 e. The van der Waals surface area contributed by atoms with Crippen molar-refractivity contribution in [2.24, 2.45) is 0 Å². The second-order valence-corrected chi connectivity index (χ2v) is 5.81. The van der Waals surface area contributed by atoms with Gasteiger partial charge in [-0.15, -0.1) is 0 Å². The Labute approximate surface area is 146 Å². The Bertz CT molecular complexity index is 1160. The number of aromatic amines is 1. The molecule has 0 bridgehead atoms. The van der Waals surface area contributed by atoms with Gasteiger partial charge in [-0.1, -0.05) is 29.8 Å². The smallest absolute Gasteiger partial charge is 0.325 e. The summed E-state index contributed by atoms with van der Waals surface area (Å²) < 4.78 is 27.8. The molecule has 2 aromatic carbocycles. The number of nitrogens with zero attached hydrogens (tertiary/aromatic N) is 3. The molecule has 0 unspecified atom stereocenters. The van der Waals surface area contributed by atoms with Crippen LogP contribution in [0.4, 0.5) is 20.4 Å². The summed E-state index contributed by atoms with van der Waals surface area (Å²) in [6.45, 7) is 1.98. The molecule has 2 aromatic heterocycles. The van der Waals surface area contributed by atoms with Crippen LogP contribution in [0.1, 0.15) is 5.56 Å². The first kappa shape index (κ1) is 15.9. The van der Waals surface area contributed by atoms with E-state index in [2.05, 4.69) is 20.5 Å². The van der Waals surface area contributed by atoms with E-state index in [1.165, 1.54) is 10.5 Å². The summed E-state index contributed by atoms with van der Waals surface area (Å²) in [5, 5.41) is 9.17. The topological polar surface area (TPSA) is 75.1 Å². The maximum Gasteiger partial charge on any atom is 0.350 e. The molecule has 0 aliphatic rings. The lowest BCUT2D eigenvalue weighted by Crippen LogP contribution is -2.14. The van der Waals surface area contributed by atoms with Crippen molar-refractivity contribution in [1.82, 2.24) is 19.6 Å². The Hall–Kier alpha value is -3.55. The number of aromatic nitrogens is 4. The molecule has 2 heterocycles. The molecule has 130 valence electrons. The average Bonchev–Trinajstić information content (AvgIpc) is 3.00. The molecule has 2 N–H and O–H groups in total. The van der Waals surface area contributed by atoms with Gasteiger partial charge >= 0.3 is 5.69 Å². The van der Waals surface area contributed by atoms with Gasteiger partial charge in [-0.05, 0) is 19.1 Å². The molecule has 0 radical (unpaired) electrons. The van der Waals surface area contributed by atoms with E-state index >= 15 is 0 Å². The second kappa shape index (κ2) is 6.07. The normalized spacial score (nSPS) is 11.0. The number of halogens is 2. The molecule has 8 heteroatoms.